The lowest BCUT2D eigenvalue weighted by atomic mass is 10.1. The highest BCUT2D eigenvalue weighted by atomic mass is 35.5. The van der Waals surface area contributed by atoms with Gasteiger partial charge in [0.25, 0.3) is 5.91 Å². The number of hydrogen-bond donors (Lipinski definition) is 2. The van der Waals surface area contributed by atoms with Crippen LogP contribution in [0.15, 0.2) is 24.3 Å². The topological polar surface area (TPSA) is 66.4 Å². The number of carboxylic acids is 1. The Morgan fingerprint density at radius 3 is 2.76 bits per heavy atom. The summed E-state index contributed by atoms with van der Waals surface area (Å²) in [6.07, 6.45) is 0.0375. The Labute approximate surface area is 105 Å². The van der Waals surface area contributed by atoms with Crippen molar-refractivity contribution in [1.29, 1.82) is 0 Å². The van der Waals surface area contributed by atoms with E-state index >= 15 is 0 Å². The monoisotopic (exact) mass is 255 g/mol. The van der Waals surface area contributed by atoms with Crippen molar-refractivity contribution in [2.75, 3.05) is 6.54 Å². The van der Waals surface area contributed by atoms with Gasteiger partial charge in [-0.2, -0.15) is 0 Å². The summed E-state index contributed by atoms with van der Waals surface area (Å²) in [5.41, 5.74) is 0.472. The maximum atomic E-state index is 11.7. The van der Waals surface area contributed by atoms with Crippen molar-refractivity contribution < 1.29 is 14.7 Å². The second-order valence-electron chi connectivity index (χ2n) is 3.92. The molecule has 0 bridgehead atoms. The second-order valence-corrected chi connectivity index (χ2v) is 4.36. The number of carbonyl (C=O) groups is 2. The maximum Gasteiger partial charge on any atom is 0.303 e. The number of amides is 1. The fourth-order valence-corrected chi connectivity index (χ4v) is 1.56. The summed E-state index contributed by atoms with van der Waals surface area (Å²) in [4.78, 5) is 22.1. The lowest BCUT2D eigenvalue weighted by Crippen LogP contribution is -2.29. The number of benzene rings is 1. The minimum atomic E-state index is -0.866. The molecule has 0 radical (unpaired) electrons. The van der Waals surface area contributed by atoms with Crippen LogP contribution in [0, 0.1) is 5.92 Å². The molecule has 0 aliphatic rings. The molecular weight excluding hydrogens is 242 g/mol. The van der Waals surface area contributed by atoms with Gasteiger partial charge in [0.1, 0.15) is 0 Å². The lowest BCUT2D eigenvalue weighted by molar-refractivity contribution is -0.137. The summed E-state index contributed by atoms with van der Waals surface area (Å²) in [6, 6.07) is 6.60. The van der Waals surface area contributed by atoms with Gasteiger partial charge >= 0.3 is 5.97 Å². The van der Waals surface area contributed by atoms with Crippen LogP contribution in [0.3, 0.4) is 0 Å². The lowest BCUT2D eigenvalue weighted by Gasteiger charge is -2.10. The van der Waals surface area contributed by atoms with E-state index < -0.39 is 5.97 Å². The third-order valence-electron chi connectivity index (χ3n) is 2.22. The average Bonchev–Trinajstić information content (AvgIpc) is 2.25. The molecule has 1 aromatic rings. The van der Waals surface area contributed by atoms with Gasteiger partial charge in [-0.15, -0.1) is 0 Å². The molecule has 0 aromatic heterocycles. The number of nitrogens with one attached hydrogen (secondary N) is 1. The first-order chi connectivity index (χ1) is 7.99. The summed E-state index contributed by atoms with van der Waals surface area (Å²) in [7, 11) is 0. The highest BCUT2D eigenvalue weighted by molar-refractivity contribution is 6.30. The van der Waals surface area contributed by atoms with Gasteiger partial charge in [-0.1, -0.05) is 24.6 Å². The molecule has 1 unspecified atom stereocenters. The third kappa shape index (κ3) is 4.87. The Hall–Kier alpha value is -1.55. The molecule has 1 aromatic carbocycles. The molecule has 17 heavy (non-hydrogen) atoms. The van der Waals surface area contributed by atoms with Crippen molar-refractivity contribution in [2.45, 2.75) is 13.3 Å². The van der Waals surface area contributed by atoms with Crippen LogP contribution in [-0.4, -0.2) is 23.5 Å². The van der Waals surface area contributed by atoms with Crippen LogP contribution in [0.25, 0.3) is 0 Å². The highest BCUT2D eigenvalue weighted by Gasteiger charge is 2.10. The van der Waals surface area contributed by atoms with Crippen LogP contribution in [0.5, 0.6) is 0 Å². The van der Waals surface area contributed by atoms with Gasteiger partial charge in [-0.05, 0) is 24.1 Å². The van der Waals surface area contributed by atoms with E-state index in [9.17, 15) is 9.59 Å². The molecule has 0 saturated carbocycles. The smallest absolute Gasteiger partial charge is 0.303 e. The first-order valence-corrected chi connectivity index (χ1v) is 5.62. The largest absolute Gasteiger partial charge is 0.481 e. The Morgan fingerprint density at radius 2 is 2.18 bits per heavy atom. The van der Waals surface area contributed by atoms with E-state index in [1.54, 1.807) is 31.2 Å². The normalized spacial score (nSPS) is 11.9. The van der Waals surface area contributed by atoms with Crippen LogP contribution >= 0.6 is 11.6 Å². The van der Waals surface area contributed by atoms with Crippen molar-refractivity contribution in [1.82, 2.24) is 5.32 Å². The van der Waals surface area contributed by atoms with Crippen molar-refractivity contribution in [3.05, 3.63) is 34.9 Å². The van der Waals surface area contributed by atoms with Crippen LogP contribution in [-0.2, 0) is 4.79 Å². The van der Waals surface area contributed by atoms with E-state index in [0.717, 1.165) is 0 Å². The quantitative estimate of drug-likeness (QED) is 0.848. The predicted octanol–water partition coefficient (Wildman–Crippen LogP) is 2.18. The molecule has 4 nitrogen and oxygen atoms in total. The maximum absolute atomic E-state index is 11.7. The number of rotatable bonds is 5. The molecule has 92 valence electrons. The summed E-state index contributed by atoms with van der Waals surface area (Å²) >= 11 is 5.76. The standard InChI is InChI=1S/C12H14ClNO3/c1-8(5-11(15)16)7-14-12(17)9-3-2-4-10(13)6-9/h2-4,6,8H,5,7H2,1H3,(H,14,17)(H,15,16). The van der Waals surface area contributed by atoms with Crippen molar-refractivity contribution in [3.63, 3.8) is 0 Å². The number of hydrogen-bond acceptors (Lipinski definition) is 2. The molecule has 0 saturated heterocycles. The average molecular weight is 256 g/mol. The number of halogens is 1. The van der Waals surface area contributed by atoms with E-state index in [4.69, 9.17) is 16.7 Å². The first kappa shape index (κ1) is 13.5. The Kier molecular flexibility index (Phi) is 4.97. The molecular formula is C12H14ClNO3. The van der Waals surface area contributed by atoms with Crippen LogP contribution in [0.1, 0.15) is 23.7 Å². The van der Waals surface area contributed by atoms with E-state index in [1.807, 2.05) is 0 Å². The molecule has 0 fully saturated rings. The van der Waals surface area contributed by atoms with Crippen molar-refractivity contribution in [3.8, 4) is 0 Å². The molecule has 0 aliphatic heterocycles. The van der Waals surface area contributed by atoms with Gasteiger partial charge in [0, 0.05) is 23.6 Å². The minimum Gasteiger partial charge on any atom is -0.481 e. The molecule has 0 heterocycles. The summed E-state index contributed by atoms with van der Waals surface area (Å²) in [6.45, 7) is 2.10. The predicted molar refractivity (Wildman–Crippen MR) is 65.2 cm³/mol. The molecule has 0 spiro atoms. The first-order valence-electron chi connectivity index (χ1n) is 5.24. The van der Waals surface area contributed by atoms with Gasteiger partial charge in [-0.25, -0.2) is 0 Å². The molecule has 0 aliphatic carbocycles. The van der Waals surface area contributed by atoms with E-state index in [-0.39, 0.29) is 18.2 Å². The number of carbonyl (C=O) groups excluding carboxylic acids is 1. The Bertz CT molecular complexity index is 420. The minimum absolute atomic E-state index is 0.0375. The summed E-state index contributed by atoms with van der Waals surface area (Å²) in [5, 5.41) is 11.7. The Balaban J connectivity index is 2.47. The zero-order chi connectivity index (χ0) is 12.8. The molecule has 1 rings (SSSR count). The van der Waals surface area contributed by atoms with Crippen molar-refractivity contribution in [2.24, 2.45) is 5.92 Å². The van der Waals surface area contributed by atoms with Crippen LogP contribution in [0.2, 0.25) is 5.02 Å². The van der Waals surface area contributed by atoms with Gasteiger partial charge in [0.05, 0.1) is 0 Å². The molecule has 2 N–H and O–H groups in total. The number of aliphatic carboxylic acids is 1. The molecule has 1 atom stereocenters. The Morgan fingerprint density at radius 1 is 1.47 bits per heavy atom. The zero-order valence-electron chi connectivity index (χ0n) is 9.44. The van der Waals surface area contributed by atoms with Crippen molar-refractivity contribution >= 4 is 23.5 Å². The van der Waals surface area contributed by atoms with Crippen LogP contribution in [0.4, 0.5) is 0 Å². The fourth-order valence-electron chi connectivity index (χ4n) is 1.37. The van der Waals surface area contributed by atoms with Crippen LogP contribution < -0.4 is 5.32 Å². The SMILES string of the molecule is CC(CNC(=O)c1cccc(Cl)c1)CC(=O)O. The third-order valence-corrected chi connectivity index (χ3v) is 2.46. The highest BCUT2D eigenvalue weighted by Crippen LogP contribution is 2.10. The summed E-state index contributed by atoms with van der Waals surface area (Å²) < 4.78 is 0. The van der Waals surface area contributed by atoms with E-state index in [1.165, 1.54) is 0 Å². The van der Waals surface area contributed by atoms with Gasteiger partial charge < -0.3 is 10.4 Å². The molecule has 1 amide bonds. The summed E-state index contributed by atoms with van der Waals surface area (Å²) in [5.74, 6) is -1.21. The van der Waals surface area contributed by atoms with E-state index in [2.05, 4.69) is 5.32 Å². The number of carboxylic acid groups (broad SMARTS) is 1. The second kappa shape index (κ2) is 6.25. The van der Waals surface area contributed by atoms with E-state index in [0.29, 0.717) is 17.1 Å². The van der Waals surface area contributed by atoms with Gasteiger partial charge in [0.15, 0.2) is 0 Å². The fraction of sp³-hybridized carbons (Fsp3) is 0.333. The van der Waals surface area contributed by atoms with Gasteiger partial charge in [0.2, 0.25) is 0 Å². The zero-order valence-corrected chi connectivity index (χ0v) is 10.2. The van der Waals surface area contributed by atoms with Gasteiger partial charge in [-0.3, -0.25) is 9.59 Å². The molecule has 5 heteroatoms.